The van der Waals surface area contributed by atoms with E-state index >= 15 is 0 Å². The SMILES string of the molecule is CCOC(=O)C1=C(C)OC(N)=C(C#N)C1c1ccccc1OCC(C)C. The van der Waals surface area contributed by atoms with E-state index in [1.165, 1.54) is 0 Å². The van der Waals surface area contributed by atoms with Crippen molar-refractivity contribution in [3.63, 3.8) is 0 Å². The smallest absolute Gasteiger partial charge is 0.338 e. The summed E-state index contributed by atoms with van der Waals surface area (Å²) in [5, 5.41) is 9.63. The minimum atomic E-state index is -0.698. The number of carbonyl (C=O) groups excluding carboxylic acids is 1. The van der Waals surface area contributed by atoms with Gasteiger partial charge in [-0.3, -0.25) is 0 Å². The molecule has 0 saturated carbocycles. The Balaban J connectivity index is 2.59. The van der Waals surface area contributed by atoms with Gasteiger partial charge in [0.2, 0.25) is 5.88 Å². The lowest BCUT2D eigenvalue weighted by molar-refractivity contribution is -0.139. The van der Waals surface area contributed by atoms with Crippen molar-refractivity contribution in [2.75, 3.05) is 13.2 Å². The molecule has 1 atom stereocenters. The van der Waals surface area contributed by atoms with Crippen molar-refractivity contribution in [2.45, 2.75) is 33.6 Å². The van der Waals surface area contributed by atoms with Crippen molar-refractivity contribution in [1.29, 1.82) is 5.26 Å². The van der Waals surface area contributed by atoms with E-state index in [0.29, 0.717) is 29.6 Å². The predicted molar refractivity (Wildman–Crippen MR) is 96.8 cm³/mol. The molecule has 0 aromatic heterocycles. The second kappa shape index (κ2) is 8.43. The summed E-state index contributed by atoms with van der Waals surface area (Å²) in [6.07, 6.45) is 0. The van der Waals surface area contributed by atoms with Crippen LogP contribution in [-0.2, 0) is 14.3 Å². The molecule has 1 aliphatic rings. The number of hydrogen-bond acceptors (Lipinski definition) is 6. The summed E-state index contributed by atoms with van der Waals surface area (Å²) in [6.45, 7) is 8.18. The molecule has 0 fully saturated rings. The quantitative estimate of drug-likeness (QED) is 0.785. The standard InChI is InChI=1S/C20H24N2O4/c1-5-24-20(23)17-13(4)26-19(22)15(10-21)18(17)14-8-6-7-9-16(14)25-11-12(2)3/h6-9,12,18H,5,11,22H2,1-4H3. The molecule has 1 aromatic carbocycles. The minimum Gasteiger partial charge on any atom is -0.493 e. The number of esters is 1. The van der Waals surface area contributed by atoms with Crippen LogP contribution in [0.1, 0.15) is 39.2 Å². The lowest BCUT2D eigenvalue weighted by atomic mass is 9.82. The maximum absolute atomic E-state index is 12.6. The number of hydrogen-bond donors (Lipinski definition) is 1. The molecular weight excluding hydrogens is 332 g/mol. The van der Waals surface area contributed by atoms with Gasteiger partial charge in [0.25, 0.3) is 0 Å². The van der Waals surface area contributed by atoms with Crippen LogP contribution in [0.5, 0.6) is 5.75 Å². The monoisotopic (exact) mass is 356 g/mol. The Morgan fingerprint density at radius 1 is 1.38 bits per heavy atom. The van der Waals surface area contributed by atoms with Gasteiger partial charge in [0.15, 0.2) is 0 Å². The molecule has 0 spiro atoms. The molecule has 1 unspecified atom stereocenters. The van der Waals surface area contributed by atoms with Crippen molar-refractivity contribution in [2.24, 2.45) is 11.7 Å². The third kappa shape index (κ3) is 3.99. The van der Waals surface area contributed by atoms with Gasteiger partial charge in [-0.1, -0.05) is 32.0 Å². The van der Waals surface area contributed by atoms with Crippen LogP contribution < -0.4 is 10.5 Å². The maximum Gasteiger partial charge on any atom is 0.338 e. The molecule has 1 heterocycles. The Morgan fingerprint density at radius 3 is 2.69 bits per heavy atom. The molecule has 26 heavy (non-hydrogen) atoms. The van der Waals surface area contributed by atoms with Crippen LogP contribution in [0.15, 0.2) is 47.1 Å². The molecular formula is C20H24N2O4. The first-order chi connectivity index (χ1) is 12.4. The Labute approximate surface area is 153 Å². The van der Waals surface area contributed by atoms with Gasteiger partial charge in [-0.2, -0.15) is 5.26 Å². The molecule has 2 rings (SSSR count). The molecule has 2 N–H and O–H groups in total. The number of benzene rings is 1. The van der Waals surface area contributed by atoms with E-state index in [0.717, 1.165) is 0 Å². The fourth-order valence-electron chi connectivity index (χ4n) is 2.77. The molecule has 1 aliphatic heterocycles. The highest BCUT2D eigenvalue weighted by Crippen LogP contribution is 2.42. The Bertz CT molecular complexity index is 787. The molecule has 6 heteroatoms. The van der Waals surface area contributed by atoms with E-state index < -0.39 is 11.9 Å². The number of para-hydroxylation sites is 1. The van der Waals surface area contributed by atoms with E-state index in [9.17, 15) is 10.1 Å². The topological polar surface area (TPSA) is 94.6 Å². The van der Waals surface area contributed by atoms with Crippen LogP contribution >= 0.6 is 0 Å². The van der Waals surface area contributed by atoms with E-state index in [1.807, 2.05) is 38.1 Å². The summed E-state index contributed by atoms with van der Waals surface area (Å²) in [6, 6.07) is 9.39. The number of rotatable bonds is 6. The lowest BCUT2D eigenvalue weighted by Gasteiger charge is -2.28. The van der Waals surface area contributed by atoms with E-state index in [2.05, 4.69) is 6.07 Å². The van der Waals surface area contributed by atoms with Gasteiger partial charge in [0.05, 0.1) is 24.7 Å². The number of nitriles is 1. The Kier molecular flexibility index (Phi) is 6.29. The first kappa shape index (κ1) is 19.4. The van der Waals surface area contributed by atoms with Crippen molar-refractivity contribution in [1.82, 2.24) is 0 Å². The van der Waals surface area contributed by atoms with Gasteiger partial charge < -0.3 is 19.9 Å². The summed E-state index contributed by atoms with van der Waals surface area (Å²) >= 11 is 0. The van der Waals surface area contributed by atoms with Gasteiger partial charge in [-0.05, 0) is 25.8 Å². The highest BCUT2D eigenvalue weighted by Gasteiger charge is 2.37. The fourth-order valence-corrected chi connectivity index (χ4v) is 2.77. The van der Waals surface area contributed by atoms with Crippen molar-refractivity contribution >= 4 is 5.97 Å². The number of carbonyl (C=O) groups is 1. The average molecular weight is 356 g/mol. The number of allylic oxidation sites excluding steroid dienone is 2. The number of nitrogens with zero attached hydrogens (tertiary/aromatic N) is 1. The highest BCUT2D eigenvalue weighted by molar-refractivity contribution is 5.92. The van der Waals surface area contributed by atoms with Crippen LogP contribution in [-0.4, -0.2) is 19.2 Å². The van der Waals surface area contributed by atoms with Crippen molar-refractivity contribution < 1.29 is 19.0 Å². The molecule has 0 aliphatic carbocycles. The third-order valence-corrected chi connectivity index (χ3v) is 3.90. The molecule has 0 saturated heterocycles. The summed E-state index contributed by atoms with van der Waals surface area (Å²) in [4.78, 5) is 12.6. The van der Waals surface area contributed by atoms with Gasteiger partial charge in [0, 0.05) is 5.56 Å². The number of nitrogens with two attached hydrogens (primary N) is 1. The fraction of sp³-hybridized carbons (Fsp3) is 0.400. The van der Waals surface area contributed by atoms with E-state index in [-0.39, 0.29) is 23.6 Å². The van der Waals surface area contributed by atoms with Crippen LogP contribution in [0.2, 0.25) is 0 Å². The largest absolute Gasteiger partial charge is 0.493 e. The molecule has 1 aromatic rings. The summed E-state index contributed by atoms with van der Waals surface area (Å²) in [7, 11) is 0. The molecule has 6 nitrogen and oxygen atoms in total. The second-order valence-corrected chi connectivity index (χ2v) is 6.36. The van der Waals surface area contributed by atoms with Crippen molar-refractivity contribution in [3.8, 4) is 11.8 Å². The van der Waals surface area contributed by atoms with Gasteiger partial charge >= 0.3 is 5.97 Å². The Hall–Kier alpha value is -2.94. The van der Waals surface area contributed by atoms with Gasteiger partial charge in [-0.25, -0.2) is 4.79 Å². The van der Waals surface area contributed by atoms with Gasteiger partial charge in [0.1, 0.15) is 23.2 Å². The van der Waals surface area contributed by atoms with E-state index in [1.54, 1.807) is 13.8 Å². The zero-order chi connectivity index (χ0) is 19.3. The van der Waals surface area contributed by atoms with Gasteiger partial charge in [-0.15, -0.1) is 0 Å². The minimum absolute atomic E-state index is 0.0123. The maximum atomic E-state index is 12.6. The summed E-state index contributed by atoms with van der Waals surface area (Å²) < 4.78 is 16.5. The Morgan fingerprint density at radius 2 is 2.08 bits per heavy atom. The molecule has 0 radical (unpaired) electrons. The molecule has 0 amide bonds. The highest BCUT2D eigenvalue weighted by atomic mass is 16.5. The predicted octanol–water partition coefficient (Wildman–Crippen LogP) is 3.37. The van der Waals surface area contributed by atoms with Crippen molar-refractivity contribution in [3.05, 3.63) is 52.6 Å². The summed E-state index contributed by atoms with van der Waals surface area (Å²) in [5.74, 6) is 0.00856. The lowest BCUT2D eigenvalue weighted by Crippen LogP contribution is -2.26. The first-order valence-corrected chi connectivity index (χ1v) is 8.57. The van der Waals surface area contributed by atoms with Crippen LogP contribution in [0.4, 0.5) is 0 Å². The van der Waals surface area contributed by atoms with Crippen LogP contribution in [0, 0.1) is 17.2 Å². The first-order valence-electron chi connectivity index (χ1n) is 8.57. The molecule has 138 valence electrons. The number of ether oxygens (including phenoxy) is 3. The zero-order valence-electron chi connectivity index (χ0n) is 15.5. The average Bonchev–Trinajstić information content (AvgIpc) is 2.59. The zero-order valence-corrected chi connectivity index (χ0v) is 15.5. The van der Waals surface area contributed by atoms with Crippen LogP contribution in [0.25, 0.3) is 0 Å². The second-order valence-electron chi connectivity index (χ2n) is 6.36. The summed E-state index contributed by atoms with van der Waals surface area (Å²) in [5.41, 5.74) is 7.03. The van der Waals surface area contributed by atoms with Crippen LogP contribution in [0.3, 0.4) is 0 Å². The normalized spacial score (nSPS) is 17.0. The van der Waals surface area contributed by atoms with E-state index in [4.69, 9.17) is 19.9 Å². The molecule has 0 bridgehead atoms. The third-order valence-electron chi connectivity index (χ3n) is 3.90.